The lowest BCUT2D eigenvalue weighted by Gasteiger charge is -2.35. The van der Waals surface area contributed by atoms with Gasteiger partial charge in [-0.05, 0) is 43.2 Å². The van der Waals surface area contributed by atoms with Crippen molar-refractivity contribution in [1.29, 1.82) is 0 Å². The molecule has 1 atom stereocenters. The van der Waals surface area contributed by atoms with Crippen LogP contribution in [0.4, 0.5) is 5.69 Å². The lowest BCUT2D eigenvalue weighted by Crippen LogP contribution is -2.41. The smallest absolute Gasteiger partial charge is 0.253 e. The lowest BCUT2D eigenvalue weighted by atomic mass is 9.96. The SMILES string of the molecule is CCCCCC(CC)N1N=CCC(C=O)=C1c1cc(C(=O)N2CCC(Oc3ccncc3)CC2)ccc1NC. The number of anilines is 1. The summed E-state index contributed by atoms with van der Waals surface area (Å²) in [5, 5.41) is 10.1. The van der Waals surface area contributed by atoms with Gasteiger partial charge in [0.1, 0.15) is 18.1 Å². The van der Waals surface area contributed by atoms with E-state index in [4.69, 9.17) is 9.84 Å². The van der Waals surface area contributed by atoms with Crippen LogP contribution in [0.15, 0.2) is 53.4 Å². The number of pyridine rings is 1. The van der Waals surface area contributed by atoms with E-state index in [9.17, 15) is 9.59 Å². The maximum absolute atomic E-state index is 13.6. The number of allylic oxidation sites excluding steroid dienone is 1. The summed E-state index contributed by atoms with van der Waals surface area (Å²) in [6.07, 6.45) is 13.7. The van der Waals surface area contributed by atoms with Gasteiger partial charge in [0.15, 0.2) is 0 Å². The highest BCUT2D eigenvalue weighted by Gasteiger charge is 2.29. The Bertz CT molecular complexity index is 1170. The molecule has 0 radical (unpaired) electrons. The summed E-state index contributed by atoms with van der Waals surface area (Å²) in [6.45, 7) is 5.63. The largest absolute Gasteiger partial charge is 0.490 e. The Hall–Kier alpha value is -3.68. The van der Waals surface area contributed by atoms with Gasteiger partial charge < -0.3 is 15.0 Å². The monoisotopic (exact) mass is 531 g/mol. The van der Waals surface area contributed by atoms with Gasteiger partial charge in [-0.25, -0.2) is 0 Å². The summed E-state index contributed by atoms with van der Waals surface area (Å²) in [5.74, 6) is 0.802. The number of nitrogens with one attached hydrogen (secondary N) is 1. The van der Waals surface area contributed by atoms with E-state index in [-0.39, 0.29) is 18.1 Å². The van der Waals surface area contributed by atoms with E-state index in [1.807, 2.05) is 53.5 Å². The van der Waals surface area contributed by atoms with E-state index in [0.29, 0.717) is 30.6 Å². The molecular formula is C31H41N5O3. The topological polar surface area (TPSA) is 87.1 Å². The number of aromatic nitrogens is 1. The van der Waals surface area contributed by atoms with Crippen LogP contribution >= 0.6 is 0 Å². The van der Waals surface area contributed by atoms with Crippen LogP contribution in [0.5, 0.6) is 5.75 Å². The van der Waals surface area contributed by atoms with Crippen molar-refractivity contribution < 1.29 is 14.3 Å². The van der Waals surface area contributed by atoms with Crippen molar-refractivity contribution >= 4 is 29.8 Å². The van der Waals surface area contributed by atoms with Crippen LogP contribution in [0.3, 0.4) is 0 Å². The average molecular weight is 532 g/mol. The first-order valence-electron chi connectivity index (χ1n) is 14.3. The third kappa shape index (κ3) is 6.85. The van der Waals surface area contributed by atoms with E-state index in [1.165, 1.54) is 6.42 Å². The van der Waals surface area contributed by atoms with E-state index in [1.54, 1.807) is 12.4 Å². The van der Waals surface area contributed by atoms with Crippen molar-refractivity contribution in [2.45, 2.75) is 77.4 Å². The zero-order valence-electron chi connectivity index (χ0n) is 23.4. The van der Waals surface area contributed by atoms with Crippen molar-refractivity contribution in [3.63, 3.8) is 0 Å². The molecule has 1 fully saturated rings. The second-order valence-corrected chi connectivity index (χ2v) is 10.2. The molecule has 1 unspecified atom stereocenters. The first kappa shape index (κ1) is 28.3. The fourth-order valence-corrected chi connectivity index (χ4v) is 5.39. The van der Waals surface area contributed by atoms with Gasteiger partial charge in [0.2, 0.25) is 0 Å². The van der Waals surface area contributed by atoms with E-state index >= 15 is 0 Å². The zero-order valence-corrected chi connectivity index (χ0v) is 23.4. The van der Waals surface area contributed by atoms with Gasteiger partial charge in [-0.1, -0.05) is 33.1 Å². The molecular weight excluding hydrogens is 490 g/mol. The van der Waals surface area contributed by atoms with Crippen molar-refractivity contribution in [3.8, 4) is 5.75 Å². The van der Waals surface area contributed by atoms with E-state index in [2.05, 4.69) is 24.1 Å². The van der Waals surface area contributed by atoms with Crippen LogP contribution in [0.2, 0.25) is 0 Å². The molecule has 39 heavy (non-hydrogen) atoms. The minimum absolute atomic E-state index is 0.00429. The zero-order chi connectivity index (χ0) is 27.6. The number of carbonyl (C=O) groups is 2. The minimum Gasteiger partial charge on any atom is -0.490 e. The summed E-state index contributed by atoms with van der Waals surface area (Å²) in [6, 6.07) is 9.63. The van der Waals surface area contributed by atoms with Crippen molar-refractivity contribution in [2.75, 3.05) is 25.5 Å². The number of aldehydes is 1. The van der Waals surface area contributed by atoms with Crippen molar-refractivity contribution in [3.05, 3.63) is 59.4 Å². The second kappa shape index (κ2) is 13.9. The van der Waals surface area contributed by atoms with Gasteiger partial charge in [-0.15, -0.1) is 0 Å². The average Bonchev–Trinajstić information content (AvgIpc) is 2.99. The molecule has 0 spiro atoms. The Morgan fingerprint density at radius 2 is 1.92 bits per heavy atom. The molecule has 2 aliphatic heterocycles. The molecule has 208 valence electrons. The first-order valence-corrected chi connectivity index (χ1v) is 14.3. The number of likely N-dealkylation sites (tertiary alicyclic amines) is 1. The number of amides is 1. The second-order valence-electron chi connectivity index (χ2n) is 10.2. The predicted molar refractivity (Wildman–Crippen MR) is 156 cm³/mol. The Morgan fingerprint density at radius 3 is 2.59 bits per heavy atom. The fraction of sp³-hybridized carbons (Fsp3) is 0.484. The van der Waals surface area contributed by atoms with Crippen LogP contribution < -0.4 is 10.1 Å². The van der Waals surface area contributed by atoms with Gasteiger partial charge >= 0.3 is 0 Å². The summed E-state index contributed by atoms with van der Waals surface area (Å²) in [5.41, 5.74) is 3.82. The number of ether oxygens (including phenoxy) is 1. The number of carbonyl (C=O) groups excluding carboxylic acids is 2. The fourth-order valence-electron chi connectivity index (χ4n) is 5.39. The molecule has 1 saturated heterocycles. The molecule has 4 rings (SSSR count). The number of nitrogens with zero attached hydrogens (tertiary/aromatic N) is 4. The standard InChI is InChI=1S/C31H41N5O3/c1-4-6-7-8-25(5-2)36-30(24(22-37)11-18-34-36)28-21-23(9-10-29(28)32-3)31(38)35-19-14-27(15-20-35)39-26-12-16-33-17-13-26/h9-10,12-13,16-18,21-22,25,27,32H,4-8,11,14-15,19-20H2,1-3H3. The third-order valence-corrected chi connectivity index (χ3v) is 7.62. The molecule has 8 heteroatoms. The summed E-state index contributed by atoms with van der Waals surface area (Å²) >= 11 is 0. The molecule has 2 aromatic rings. The first-order chi connectivity index (χ1) is 19.1. The molecule has 0 bridgehead atoms. The number of hydrazone groups is 1. The van der Waals surface area contributed by atoms with Crippen molar-refractivity contribution in [2.24, 2.45) is 5.10 Å². The molecule has 1 aromatic carbocycles. The molecule has 3 heterocycles. The van der Waals surface area contributed by atoms with E-state index in [0.717, 1.165) is 67.5 Å². The van der Waals surface area contributed by atoms with Crippen LogP contribution in [-0.2, 0) is 4.79 Å². The van der Waals surface area contributed by atoms with Crippen molar-refractivity contribution in [1.82, 2.24) is 14.9 Å². The normalized spacial score (nSPS) is 16.8. The van der Waals surface area contributed by atoms with Gasteiger partial charge in [0.25, 0.3) is 5.91 Å². The summed E-state index contributed by atoms with van der Waals surface area (Å²) in [7, 11) is 1.87. The molecule has 1 amide bonds. The number of hydrogen-bond acceptors (Lipinski definition) is 7. The Balaban J connectivity index is 1.55. The van der Waals surface area contributed by atoms with Gasteiger partial charge in [0.05, 0.1) is 11.7 Å². The van der Waals surface area contributed by atoms with Gasteiger partial charge in [-0.3, -0.25) is 19.6 Å². The molecule has 1 N–H and O–H groups in total. The highest BCUT2D eigenvalue weighted by Crippen LogP contribution is 2.36. The highest BCUT2D eigenvalue weighted by molar-refractivity contribution is 5.99. The Labute approximate surface area is 232 Å². The van der Waals surface area contributed by atoms with Crippen LogP contribution in [0, 0.1) is 0 Å². The maximum atomic E-state index is 13.6. The predicted octanol–water partition coefficient (Wildman–Crippen LogP) is 5.77. The molecule has 1 aromatic heterocycles. The molecule has 8 nitrogen and oxygen atoms in total. The molecule has 0 aliphatic carbocycles. The molecule has 2 aliphatic rings. The highest BCUT2D eigenvalue weighted by atomic mass is 16.5. The Morgan fingerprint density at radius 1 is 1.15 bits per heavy atom. The number of unbranched alkanes of at least 4 members (excludes halogenated alkanes) is 2. The number of rotatable bonds is 12. The maximum Gasteiger partial charge on any atom is 0.253 e. The Kier molecular flexibility index (Phi) is 10.1. The van der Waals surface area contributed by atoms with Crippen LogP contribution in [0.25, 0.3) is 5.70 Å². The summed E-state index contributed by atoms with van der Waals surface area (Å²) in [4.78, 5) is 31.8. The van der Waals surface area contributed by atoms with E-state index < -0.39 is 0 Å². The quantitative estimate of drug-likeness (QED) is 0.277. The lowest BCUT2D eigenvalue weighted by molar-refractivity contribution is -0.105. The van der Waals surface area contributed by atoms with Crippen LogP contribution in [-0.4, -0.2) is 65.6 Å². The number of hydrogen-bond donors (Lipinski definition) is 1. The third-order valence-electron chi connectivity index (χ3n) is 7.62. The summed E-state index contributed by atoms with van der Waals surface area (Å²) < 4.78 is 6.08. The minimum atomic E-state index is -0.00429. The number of piperidine rings is 1. The molecule has 0 saturated carbocycles. The van der Waals surface area contributed by atoms with Gasteiger partial charge in [-0.2, -0.15) is 5.10 Å². The number of benzene rings is 1. The van der Waals surface area contributed by atoms with Gasteiger partial charge in [0, 0.05) is 80.4 Å². The van der Waals surface area contributed by atoms with Crippen LogP contribution in [0.1, 0.15) is 81.1 Å².